The molecular formula is C10H13NO3. The minimum absolute atomic E-state index is 0.414. The van der Waals surface area contributed by atoms with Crippen LogP contribution in [0.15, 0.2) is 18.2 Å². The number of hydrogen-bond acceptors (Lipinski definition) is 3. The van der Waals surface area contributed by atoms with Crippen LogP contribution >= 0.6 is 0 Å². The number of carbonyl (C=O) groups excluding carboxylic acids is 1. The second-order valence-corrected chi connectivity index (χ2v) is 2.79. The molecule has 0 aliphatic carbocycles. The summed E-state index contributed by atoms with van der Waals surface area (Å²) in [6.45, 7) is 1.94. The SMILES string of the molecule is CNC(=O)Oc1ccc(C)cc1OC. The summed E-state index contributed by atoms with van der Waals surface area (Å²) in [6, 6.07) is 5.35. The van der Waals surface area contributed by atoms with Crippen LogP contribution in [-0.2, 0) is 0 Å². The van der Waals surface area contributed by atoms with E-state index in [4.69, 9.17) is 9.47 Å². The van der Waals surface area contributed by atoms with Crippen molar-refractivity contribution in [3.8, 4) is 11.5 Å². The maximum absolute atomic E-state index is 10.9. The lowest BCUT2D eigenvalue weighted by Crippen LogP contribution is -2.22. The van der Waals surface area contributed by atoms with Crippen LogP contribution in [0.1, 0.15) is 5.56 Å². The van der Waals surface area contributed by atoms with Gasteiger partial charge >= 0.3 is 6.09 Å². The third-order valence-electron chi connectivity index (χ3n) is 1.73. The molecule has 1 N–H and O–H groups in total. The molecule has 76 valence electrons. The van der Waals surface area contributed by atoms with E-state index in [1.807, 2.05) is 13.0 Å². The monoisotopic (exact) mass is 195 g/mol. The van der Waals surface area contributed by atoms with Crippen LogP contribution in [0, 0.1) is 6.92 Å². The van der Waals surface area contributed by atoms with Crippen molar-refractivity contribution in [2.75, 3.05) is 14.2 Å². The molecule has 0 bridgehead atoms. The third kappa shape index (κ3) is 2.39. The lowest BCUT2D eigenvalue weighted by molar-refractivity contribution is 0.201. The molecule has 14 heavy (non-hydrogen) atoms. The second-order valence-electron chi connectivity index (χ2n) is 2.79. The van der Waals surface area contributed by atoms with Gasteiger partial charge in [0.05, 0.1) is 7.11 Å². The van der Waals surface area contributed by atoms with Crippen molar-refractivity contribution >= 4 is 6.09 Å². The molecule has 0 radical (unpaired) electrons. The number of ether oxygens (including phenoxy) is 2. The minimum atomic E-state index is -0.507. The smallest absolute Gasteiger partial charge is 0.412 e. The molecule has 0 aliphatic rings. The first-order valence-corrected chi connectivity index (χ1v) is 4.21. The highest BCUT2D eigenvalue weighted by molar-refractivity contribution is 5.71. The van der Waals surface area contributed by atoms with Crippen molar-refractivity contribution < 1.29 is 14.3 Å². The van der Waals surface area contributed by atoms with Gasteiger partial charge in [-0.15, -0.1) is 0 Å². The summed E-state index contributed by atoms with van der Waals surface area (Å²) in [5.74, 6) is 0.964. The first kappa shape index (κ1) is 10.4. The van der Waals surface area contributed by atoms with Gasteiger partial charge in [0.15, 0.2) is 11.5 Å². The fraction of sp³-hybridized carbons (Fsp3) is 0.300. The number of amides is 1. The van der Waals surface area contributed by atoms with E-state index in [0.717, 1.165) is 5.56 Å². The number of methoxy groups -OCH3 is 1. The summed E-state index contributed by atoms with van der Waals surface area (Å²) >= 11 is 0. The Balaban J connectivity index is 2.90. The summed E-state index contributed by atoms with van der Waals surface area (Å²) in [5, 5.41) is 2.36. The summed E-state index contributed by atoms with van der Waals surface area (Å²) in [4.78, 5) is 10.9. The van der Waals surface area contributed by atoms with E-state index in [9.17, 15) is 4.79 Å². The number of aryl methyl sites for hydroxylation is 1. The molecule has 0 unspecified atom stereocenters. The van der Waals surface area contributed by atoms with E-state index < -0.39 is 6.09 Å². The number of rotatable bonds is 2. The van der Waals surface area contributed by atoms with Gasteiger partial charge < -0.3 is 14.8 Å². The molecule has 4 nitrogen and oxygen atoms in total. The van der Waals surface area contributed by atoms with Crippen LogP contribution in [0.5, 0.6) is 11.5 Å². The van der Waals surface area contributed by atoms with Crippen LogP contribution in [0.2, 0.25) is 0 Å². The molecule has 0 saturated heterocycles. The standard InChI is InChI=1S/C10H13NO3/c1-7-4-5-8(9(6-7)13-3)14-10(12)11-2/h4-6H,1-3H3,(H,11,12). The zero-order valence-electron chi connectivity index (χ0n) is 8.46. The Morgan fingerprint density at radius 1 is 1.36 bits per heavy atom. The van der Waals surface area contributed by atoms with E-state index in [2.05, 4.69) is 5.32 Å². The van der Waals surface area contributed by atoms with Gasteiger partial charge in [-0.05, 0) is 24.6 Å². The van der Waals surface area contributed by atoms with Crippen LogP contribution < -0.4 is 14.8 Å². The zero-order valence-corrected chi connectivity index (χ0v) is 8.46. The molecule has 4 heteroatoms. The van der Waals surface area contributed by atoms with Gasteiger partial charge in [0.2, 0.25) is 0 Å². The number of hydrogen-bond donors (Lipinski definition) is 1. The van der Waals surface area contributed by atoms with Gasteiger partial charge in [-0.2, -0.15) is 0 Å². The van der Waals surface area contributed by atoms with Gasteiger partial charge in [0.1, 0.15) is 0 Å². The summed E-state index contributed by atoms with van der Waals surface area (Å²) < 4.78 is 10.0. The van der Waals surface area contributed by atoms with E-state index in [-0.39, 0.29) is 0 Å². The Morgan fingerprint density at radius 2 is 2.07 bits per heavy atom. The average Bonchev–Trinajstić information content (AvgIpc) is 2.20. The molecule has 0 aromatic heterocycles. The molecule has 1 amide bonds. The largest absolute Gasteiger partial charge is 0.493 e. The topological polar surface area (TPSA) is 47.6 Å². The lowest BCUT2D eigenvalue weighted by Gasteiger charge is -2.08. The molecule has 0 heterocycles. The van der Waals surface area contributed by atoms with Gasteiger partial charge in [0.25, 0.3) is 0 Å². The Kier molecular flexibility index (Phi) is 3.34. The highest BCUT2D eigenvalue weighted by atomic mass is 16.6. The first-order chi connectivity index (χ1) is 6.67. The molecule has 1 aromatic carbocycles. The number of nitrogens with one attached hydrogen (secondary N) is 1. The first-order valence-electron chi connectivity index (χ1n) is 4.21. The average molecular weight is 195 g/mol. The van der Waals surface area contributed by atoms with E-state index in [0.29, 0.717) is 11.5 Å². The van der Waals surface area contributed by atoms with Gasteiger partial charge in [-0.1, -0.05) is 6.07 Å². The molecule has 0 spiro atoms. The van der Waals surface area contributed by atoms with Gasteiger partial charge in [-0.25, -0.2) is 4.79 Å². The summed E-state index contributed by atoms with van der Waals surface area (Å²) in [5.41, 5.74) is 1.05. The van der Waals surface area contributed by atoms with E-state index in [1.165, 1.54) is 14.2 Å². The van der Waals surface area contributed by atoms with Crippen molar-refractivity contribution in [3.05, 3.63) is 23.8 Å². The maximum Gasteiger partial charge on any atom is 0.412 e. The highest BCUT2D eigenvalue weighted by Crippen LogP contribution is 2.27. The predicted molar refractivity (Wildman–Crippen MR) is 52.8 cm³/mol. The molecule has 1 aromatic rings. The molecule has 1 rings (SSSR count). The Morgan fingerprint density at radius 3 is 2.64 bits per heavy atom. The predicted octanol–water partition coefficient (Wildman–Crippen LogP) is 1.72. The van der Waals surface area contributed by atoms with E-state index >= 15 is 0 Å². The molecule has 0 saturated carbocycles. The maximum atomic E-state index is 10.9. The van der Waals surface area contributed by atoms with Crippen LogP contribution in [0.3, 0.4) is 0 Å². The second kappa shape index (κ2) is 4.50. The quantitative estimate of drug-likeness (QED) is 0.781. The normalized spacial score (nSPS) is 9.36. The summed E-state index contributed by atoms with van der Waals surface area (Å²) in [7, 11) is 3.04. The molecule has 0 fully saturated rings. The van der Waals surface area contributed by atoms with Crippen molar-refractivity contribution in [1.82, 2.24) is 5.32 Å². The lowest BCUT2D eigenvalue weighted by atomic mass is 10.2. The van der Waals surface area contributed by atoms with Gasteiger partial charge in [0, 0.05) is 7.05 Å². The van der Waals surface area contributed by atoms with E-state index in [1.54, 1.807) is 12.1 Å². The van der Waals surface area contributed by atoms with Crippen molar-refractivity contribution in [2.24, 2.45) is 0 Å². The summed E-state index contributed by atoms with van der Waals surface area (Å²) in [6.07, 6.45) is -0.507. The van der Waals surface area contributed by atoms with Crippen molar-refractivity contribution in [1.29, 1.82) is 0 Å². The zero-order chi connectivity index (χ0) is 10.6. The minimum Gasteiger partial charge on any atom is -0.493 e. The fourth-order valence-electron chi connectivity index (χ4n) is 1.01. The van der Waals surface area contributed by atoms with Crippen LogP contribution in [0.4, 0.5) is 4.79 Å². The number of benzene rings is 1. The van der Waals surface area contributed by atoms with Gasteiger partial charge in [-0.3, -0.25) is 0 Å². The van der Waals surface area contributed by atoms with Crippen molar-refractivity contribution in [2.45, 2.75) is 6.92 Å². The molecular weight excluding hydrogens is 182 g/mol. The third-order valence-corrected chi connectivity index (χ3v) is 1.73. The number of carbonyl (C=O) groups is 1. The Labute approximate surface area is 82.8 Å². The Bertz CT molecular complexity index is 336. The fourth-order valence-corrected chi connectivity index (χ4v) is 1.01. The van der Waals surface area contributed by atoms with Crippen LogP contribution in [-0.4, -0.2) is 20.3 Å². The Hall–Kier alpha value is -1.71. The molecule has 0 atom stereocenters. The van der Waals surface area contributed by atoms with Crippen LogP contribution in [0.25, 0.3) is 0 Å². The highest BCUT2D eigenvalue weighted by Gasteiger charge is 2.07. The van der Waals surface area contributed by atoms with Crippen molar-refractivity contribution in [3.63, 3.8) is 0 Å². The molecule has 0 aliphatic heterocycles.